The van der Waals surface area contributed by atoms with Crippen LogP contribution in [0.4, 0.5) is 11.5 Å². The number of pyridine rings is 1. The number of benzene rings is 2. The van der Waals surface area contributed by atoms with Crippen LogP contribution < -0.4 is 10.1 Å². The maximum Gasteiger partial charge on any atom is 0.219 e. The van der Waals surface area contributed by atoms with E-state index in [1.54, 1.807) is 12.5 Å². The van der Waals surface area contributed by atoms with Gasteiger partial charge in [-0.2, -0.15) is 0 Å². The second-order valence-electron chi connectivity index (χ2n) is 5.16. The smallest absolute Gasteiger partial charge is 0.219 e. The summed E-state index contributed by atoms with van der Waals surface area (Å²) in [5, 5.41) is 4.29. The van der Waals surface area contributed by atoms with Crippen molar-refractivity contribution in [3.8, 4) is 11.6 Å². The number of hydrogen-bond acceptors (Lipinski definition) is 5. The van der Waals surface area contributed by atoms with Gasteiger partial charge in [0, 0.05) is 29.4 Å². The minimum Gasteiger partial charge on any atom is -0.439 e. The number of nitrogens with one attached hydrogen (secondary N) is 1. The van der Waals surface area contributed by atoms with Gasteiger partial charge < -0.3 is 10.1 Å². The largest absolute Gasteiger partial charge is 0.439 e. The molecule has 0 aliphatic heterocycles. The number of rotatable bonds is 4. The predicted molar refractivity (Wildman–Crippen MR) is 93.6 cm³/mol. The third kappa shape index (κ3) is 3.01. The predicted octanol–water partition coefficient (Wildman–Crippen LogP) is 4.56. The fourth-order valence-corrected chi connectivity index (χ4v) is 2.41. The zero-order valence-corrected chi connectivity index (χ0v) is 12.8. The van der Waals surface area contributed by atoms with Crippen molar-refractivity contribution in [1.82, 2.24) is 15.0 Å². The molecule has 2 heterocycles. The first-order valence-electron chi connectivity index (χ1n) is 7.54. The van der Waals surface area contributed by atoms with Crippen LogP contribution in [-0.4, -0.2) is 15.0 Å². The molecule has 0 aliphatic carbocycles. The molecule has 4 rings (SSSR count). The Hall–Kier alpha value is -3.47. The van der Waals surface area contributed by atoms with Gasteiger partial charge in [-0.15, -0.1) is 0 Å². The van der Waals surface area contributed by atoms with Crippen LogP contribution in [0, 0.1) is 0 Å². The lowest BCUT2D eigenvalue weighted by atomic mass is 10.2. The zero-order chi connectivity index (χ0) is 16.2. The van der Waals surface area contributed by atoms with Crippen molar-refractivity contribution in [2.45, 2.75) is 0 Å². The number of ether oxygens (including phenoxy) is 1. The molecule has 5 nitrogen and oxygen atoms in total. The standard InChI is InChI=1S/C19H14N4O/c1-2-9-17-16(8-1)19(22-13-21-17)23-14-6-5-7-15(12-14)24-18-10-3-4-11-20-18/h1-13H,(H,21,22,23). The summed E-state index contributed by atoms with van der Waals surface area (Å²) in [6.45, 7) is 0. The van der Waals surface area contributed by atoms with E-state index in [4.69, 9.17) is 4.74 Å². The average Bonchev–Trinajstić information content (AvgIpc) is 2.63. The van der Waals surface area contributed by atoms with Crippen LogP contribution in [0.25, 0.3) is 10.9 Å². The molecule has 116 valence electrons. The summed E-state index contributed by atoms with van der Waals surface area (Å²) < 4.78 is 5.76. The molecule has 1 N–H and O–H groups in total. The first-order valence-corrected chi connectivity index (χ1v) is 7.54. The molecular formula is C19H14N4O. The van der Waals surface area contributed by atoms with Gasteiger partial charge in [0.15, 0.2) is 0 Å². The van der Waals surface area contributed by atoms with Gasteiger partial charge in [-0.25, -0.2) is 15.0 Å². The maximum absolute atomic E-state index is 5.76. The van der Waals surface area contributed by atoms with Crippen molar-refractivity contribution < 1.29 is 4.74 Å². The molecule has 0 atom stereocenters. The second kappa shape index (κ2) is 6.34. The van der Waals surface area contributed by atoms with E-state index in [9.17, 15) is 0 Å². The average molecular weight is 314 g/mol. The summed E-state index contributed by atoms with van der Waals surface area (Å²) in [6, 6.07) is 21.1. The molecule has 0 bridgehead atoms. The highest BCUT2D eigenvalue weighted by Crippen LogP contribution is 2.26. The summed E-state index contributed by atoms with van der Waals surface area (Å²) >= 11 is 0. The summed E-state index contributed by atoms with van der Waals surface area (Å²) in [5.74, 6) is 2.02. The molecule has 0 unspecified atom stereocenters. The number of hydrogen-bond donors (Lipinski definition) is 1. The van der Waals surface area contributed by atoms with E-state index in [1.165, 1.54) is 0 Å². The highest BCUT2D eigenvalue weighted by Gasteiger charge is 2.05. The molecule has 2 aromatic carbocycles. The number of nitrogens with zero attached hydrogens (tertiary/aromatic N) is 3. The van der Waals surface area contributed by atoms with E-state index >= 15 is 0 Å². The molecule has 0 saturated carbocycles. The van der Waals surface area contributed by atoms with Crippen LogP contribution in [0.2, 0.25) is 0 Å². The fourth-order valence-electron chi connectivity index (χ4n) is 2.41. The van der Waals surface area contributed by atoms with Gasteiger partial charge in [0.2, 0.25) is 5.88 Å². The monoisotopic (exact) mass is 314 g/mol. The lowest BCUT2D eigenvalue weighted by Gasteiger charge is -2.10. The van der Waals surface area contributed by atoms with Crippen molar-refractivity contribution in [3.05, 3.63) is 79.3 Å². The second-order valence-corrected chi connectivity index (χ2v) is 5.16. The summed E-state index contributed by atoms with van der Waals surface area (Å²) in [4.78, 5) is 12.8. The first kappa shape index (κ1) is 14.1. The van der Waals surface area contributed by atoms with E-state index in [1.807, 2.05) is 66.7 Å². The molecule has 24 heavy (non-hydrogen) atoms. The van der Waals surface area contributed by atoms with E-state index in [0.29, 0.717) is 11.6 Å². The van der Waals surface area contributed by atoms with E-state index < -0.39 is 0 Å². The van der Waals surface area contributed by atoms with E-state index in [2.05, 4.69) is 20.3 Å². The molecule has 5 heteroatoms. The van der Waals surface area contributed by atoms with Gasteiger partial charge in [-0.05, 0) is 30.3 Å². The lowest BCUT2D eigenvalue weighted by molar-refractivity contribution is 0.463. The van der Waals surface area contributed by atoms with Crippen LogP contribution in [0.5, 0.6) is 11.6 Å². The number of para-hydroxylation sites is 1. The number of aromatic nitrogens is 3. The fraction of sp³-hybridized carbons (Fsp3) is 0. The molecule has 0 saturated heterocycles. The molecule has 4 aromatic rings. The Kier molecular flexibility index (Phi) is 3.73. The van der Waals surface area contributed by atoms with Crippen LogP contribution in [0.15, 0.2) is 79.3 Å². The van der Waals surface area contributed by atoms with Crippen LogP contribution in [0.3, 0.4) is 0 Å². The van der Waals surface area contributed by atoms with Crippen molar-refractivity contribution in [1.29, 1.82) is 0 Å². The Morgan fingerprint density at radius 3 is 2.62 bits per heavy atom. The lowest BCUT2D eigenvalue weighted by Crippen LogP contribution is -1.96. The summed E-state index contributed by atoms with van der Waals surface area (Å²) in [5.41, 5.74) is 1.78. The van der Waals surface area contributed by atoms with Gasteiger partial charge in [0.25, 0.3) is 0 Å². The molecule has 0 radical (unpaired) electrons. The topological polar surface area (TPSA) is 59.9 Å². The number of fused-ring (bicyclic) bond motifs is 1. The van der Waals surface area contributed by atoms with Crippen molar-refractivity contribution >= 4 is 22.4 Å². The molecule has 2 aromatic heterocycles. The Labute approximate surface area is 139 Å². The Balaban J connectivity index is 1.62. The van der Waals surface area contributed by atoms with Crippen LogP contribution in [0.1, 0.15) is 0 Å². The Bertz CT molecular complexity index is 968. The molecule has 0 amide bonds. The third-order valence-electron chi connectivity index (χ3n) is 3.50. The normalized spacial score (nSPS) is 10.5. The van der Waals surface area contributed by atoms with E-state index in [-0.39, 0.29) is 0 Å². The summed E-state index contributed by atoms with van der Waals surface area (Å²) in [6.07, 6.45) is 3.25. The van der Waals surface area contributed by atoms with E-state index in [0.717, 1.165) is 22.4 Å². The van der Waals surface area contributed by atoms with Crippen molar-refractivity contribution in [2.75, 3.05) is 5.32 Å². The first-order chi connectivity index (χ1) is 11.9. The zero-order valence-electron chi connectivity index (χ0n) is 12.8. The van der Waals surface area contributed by atoms with Gasteiger partial charge in [-0.3, -0.25) is 0 Å². The van der Waals surface area contributed by atoms with Gasteiger partial charge >= 0.3 is 0 Å². The highest BCUT2D eigenvalue weighted by atomic mass is 16.5. The minimum atomic E-state index is 0.558. The Morgan fingerprint density at radius 2 is 1.71 bits per heavy atom. The van der Waals surface area contributed by atoms with Gasteiger partial charge in [-0.1, -0.05) is 24.3 Å². The van der Waals surface area contributed by atoms with Gasteiger partial charge in [0.05, 0.1) is 5.52 Å². The quantitative estimate of drug-likeness (QED) is 0.598. The highest BCUT2D eigenvalue weighted by molar-refractivity contribution is 5.90. The minimum absolute atomic E-state index is 0.558. The van der Waals surface area contributed by atoms with Crippen molar-refractivity contribution in [3.63, 3.8) is 0 Å². The SMILES string of the molecule is c1ccc(Oc2cccc(Nc3ncnc4ccccc34)c2)nc1. The molecule has 0 fully saturated rings. The third-order valence-corrected chi connectivity index (χ3v) is 3.50. The maximum atomic E-state index is 5.76. The summed E-state index contributed by atoms with van der Waals surface area (Å²) in [7, 11) is 0. The molecule has 0 aliphatic rings. The van der Waals surface area contributed by atoms with Crippen LogP contribution >= 0.6 is 0 Å². The van der Waals surface area contributed by atoms with Gasteiger partial charge in [0.1, 0.15) is 17.9 Å². The number of anilines is 2. The Morgan fingerprint density at radius 1 is 0.792 bits per heavy atom. The molecular weight excluding hydrogens is 300 g/mol. The van der Waals surface area contributed by atoms with Crippen LogP contribution in [-0.2, 0) is 0 Å². The molecule has 0 spiro atoms. The van der Waals surface area contributed by atoms with Crippen molar-refractivity contribution in [2.24, 2.45) is 0 Å².